The number of rotatable bonds is 3. The zero-order valence-electron chi connectivity index (χ0n) is 11.3. The number of thioether (sulfide) groups is 1. The molecule has 2 heterocycles. The van der Waals surface area contributed by atoms with Crippen LogP contribution in [0.5, 0.6) is 0 Å². The van der Waals surface area contributed by atoms with Crippen molar-refractivity contribution < 1.29 is 4.79 Å². The lowest BCUT2D eigenvalue weighted by molar-refractivity contribution is 0.0955. The van der Waals surface area contributed by atoms with E-state index >= 15 is 0 Å². The fraction of sp³-hybridized carbons (Fsp3) is 0.400. The van der Waals surface area contributed by atoms with Gasteiger partial charge in [-0.15, -0.1) is 0 Å². The van der Waals surface area contributed by atoms with Crippen molar-refractivity contribution in [3.05, 3.63) is 30.0 Å². The molecule has 20 heavy (non-hydrogen) atoms. The first kappa shape index (κ1) is 13.4. The van der Waals surface area contributed by atoms with Crippen LogP contribution in [0.2, 0.25) is 0 Å². The van der Waals surface area contributed by atoms with E-state index in [1.165, 1.54) is 25.0 Å². The Morgan fingerprint density at radius 3 is 3.15 bits per heavy atom. The summed E-state index contributed by atoms with van der Waals surface area (Å²) in [5.41, 5.74) is 8.04. The number of fused-ring (bicyclic) bond motifs is 1. The zero-order valence-corrected chi connectivity index (χ0v) is 12.1. The van der Waals surface area contributed by atoms with Crippen molar-refractivity contribution in [3.63, 3.8) is 0 Å². The number of aromatic nitrogens is 1. The molecule has 0 aliphatic carbocycles. The van der Waals surface area contributed by atoms with Gasteiger partial charge in [-0.25, -0.2) is 0 Å². The van der Waals surface area contributed by atoms with Crippen molar-refractivity contribution in [3.8, 4) is 0 Å². The molecule has 1 fully saturated rings. The molecular formula is C15H19N3OS. The summed E-state index contributed by atoms with van der Waals surface area (Å²) < 4.78 is 0. The Labute approximate surface area is 122 Å². The summed E-state index contributed by atoms with van der Waals surface area (Å²) >= 11 is 1.97. The van der Waals surface area contributed by atoms with Gasteiger partial charge in [0, 0.05) is 34.6 Å². The van der Waals surface area contributed by atoms with Crippen LogP contribution in [0.3, 0.4) is 0 Å². The zero-order chi connectivity index (χ0) is 13.9. The van der Waals surface area contributed by atoms with E-state index in [-0.39, 0.29) is 5.91 Å². The monoisotopic (exact) mass is 289 g/mol. The molecule has 1 aromatic carbocycles. The summed E-state index contributed by atoms with van der Waals surface area (Å²) in [7, 11) is 0. The third-order valence-corrected chi connectivity index (χ3v) is 5.11. The Morgan fingerprint density at radius 2 is 2.35 bits per heavy atom. The number of nitrogens with two attached hydrogens (primary N) is 1. The van der Waals surface area contributed by atoms with E-state index in [2.05, 4.69) is 10.3 Å². The highest BCUT2D eigenvalue weighted by Crippen LogP contribution is 2.25. The second-order valence-electron chi connectivity index (χ2n) is 5.21. The molecule has 1 amide bonds. The summed E-state index contributed by atoms with van der Waals surface area (Å²) in [5, 5.41) is 4.54. The number of carbonyl (C=O) groups is 1. The Kier molecular flexibility index (Phi) is 3.87. The predicted octanol–water partition coefficient (Wildman–Crippen LogP) is 2.77. The van der Waals surface area contributed by atoms with Gasteiger partial charge in [-0.2, -0.15) is 11.8 Å². The second kappa shape index (κ2) is 5.79. The van der Waals surface area contributed by atoms with Crippen LogP contribution in [-0.4, -0.2) is 28.4 Å². The maximum atomic E-state index is 12.3. The highest BCUT2D eigenvalue weighted by atomic mass is 32.2. The summed E-state index contributed by atoms with van der Waals surface area (Å²) in [6.45, 7) is 0.755. The molecule has 0 bridgehead atoms. The normalized spacial score (nSPS) is 19.1. The van der Waals surface area contributed by atoms with Gasteiger partial charge in [0.2, 0.25) is 0 Å². The van der Waals surface area contributed by atoms with Crippen molar-refractivity contribution >= 4 is 34.3 Å². The summed E-state index contributed by atoms with van der Waals surface area (Å²) in [6.07, 6.45) is 5.54. The molecule has 0 spiro atoms. The molecule has 1 aliphatic heterocycles. The van der Waals surface area contributed by atoms with E-state index < -0.39 is 0 Å². The molecule has 1 saturated heterocycles. The average molecular weight is 289 g/mol. The molecule has 4 N–H and O–H groups in total. The third-order valence-electron chi connectivity index (χ3n) is 3.71. The van der Waals surface area contributed by atoms with Gasteiger partial charge in [-0.05, 0) is 36.8 Å². The first-order chi connectivity index (χ1) is 9.74. The van der Waals surface area contributed by atoms with Crippen LogP contribution < -0.4 is 11.1 Å². The van der Waals surface area contributed by atoms with E-state index in [9.17, 15) is 4.79 Å². The van der Waals surface area contributed by atoms with E-state index in [1.807, 2.05) is 30.0 Å². The van der Waals surface area contributed by atoms with Gasteiger partial charge in [-0.1, -0.05) is 6.42 Å². The fourth-order valence-corrected chi connectivity index (χ4v) is 3.84. The second-order valence-corrected chi connectivity index (χ2v) is 6.61. The summed E-state index contributed by atoms with van der Waals surface area (Å²) in [4.78, 5) is 15.4. The maximum absolute atomic E-state index is 12.3. The first-order valence-electron chi connectivity index (χ1n) is 7.00. The molecule has 5 heteroatoms. The standard InChI is InChI=1S/C15H19N3OS/c16-10-4-5-12-13(9-17-14(12)7-10)15(19)18-8-11-3-1-2-6-20-11/h4-5,7,9,11,17H,1-3,6,8,16H2,(H,18,19). The van der Waals surface area contributed by atoms with Gasteiger partial charge < -0.3 is 16.0 Å². The number of nitrogens with one attached hydrogen (secondary N) is 2. The van der Waals surface area contributed by atoms with Gasteiger partial charge in [0.05, 0.1) is 5.56 Å². The molecule has 3 rings (SSSR count). The highest BCUT2D eigenvalue weighted by molar-refractivity contribution is 7.99. The lowest BCUT2D eigenvalue weighted by Crippen LogP contribution is -2.31. The number of nitrogen functional groups attached to an aromatic ring is 1. The Bertz CT molecular complexity index is 617. The van der Waals surface area contributed by atoms with Crippen LogP contribution in [0.4, 0.5) is 5.69 Å². The molecular weight excluding hydrogens is 270 g/mol. The van der Waals surface area contributed by atoms with Crippen LogP contribution in [0.25, 0.3) is 10.9 Å². The Morgan fingerprint density at radius 1 is 1.45 bits per heavy atom. The molecule has 1 aliphatic rings. The SMILES string of the molecule is Nc1ccc2c(C(=O)NCC3CCCCS3)c[nH]c2c1. The van der Waals surface area contributed by atoms with E-state index in [4.69, 9.17) is 5.73 Å². The van der Waals surface area contributed by atoms with Crippen LogP contribution >= 0.6 is 11.8 Å². The topological polar surface area (TPSA) is 70.9 Å². The Hall–Kier alpha value is -1.62. The van der Waals surface area contributed by atoms with Crippen molar-refractivity contribution in [2.45, 2.75) is 24.5 Å². The lowest BCUT2D eigenvalue weighted by Gasteiger charge is -2.21. The van der Waals surface area contributed by atoms with Crippen LogP contribution in [-0.2, 0) is 0 Å². The summed E-state index contributed by atoms with van der Waals surface area (Å²) in [6, 6.07) is 5.57. The predicted molar refractivity (Wildman–Crippen MR) is 85.1 cm³/mol. The smallest absolute Gasteiger partial charge is 0.253 e. The number of aromatic amines is 1. The third kappa shape index (κ3) is 2.77. The van der Waals surface area contributed by atoms with E-state index in [0.29, 0.717) is 16.5 Å². The minimum atomic E-state index is -0.00723. The van der Waals surface area contributed by atoms with Crippen molar-refractivity contribution in [1.82, 2.24) is 10.3 Å². The van der Waals surface area contributed by atoms with Crippen molar-refractivity contribution in [2.75, 3.05) is 18.0 Å². The Balaban J connectivity index is 1.69. The first-order valence-corrected chi connectivity index (χ1v) is 8.05. The largest absolute Gasteiger partial charge is 0.399 e. The van der Waals surface area contributed by atoms with Crippen LogP contribution in [0.1, 0.15) is 29.6 Å². The number of H-pyrrole nitrogens is 1. The highest BCUT2D eigenvalue weighted by Gasteiger charge is 2.17. The number of benzene rings is 1. The van der Waals surface area contributed by atoms with Crippen LogP contribution in [0, 0.1) is 0 Å². The number of anilines is 1. The molecule has 1 unspecified atom stereocenters. The van der Waals surface area contributed by atoms with E-state index in [1.54, 1.807) is 6.20 Å². The number of amides is 1. The van der Waals surface area contributed by atoms with Crippen molar-refractivity contribution in [2.24, 2.45) is 0 Å². The molecule has 2 aromatic rings. The molecule has 0 radical (unpaired) electrons. The van der Waals surface area contributed by atoms with Gasteiger partial charge >= 0.3 is 0 Å². The van der Waals surface area contributed by atoms with Crippen LogP contribution in [0.15, 0.2) is 24.4 Å². The maximum Gasteiger partial charge on any atom is 0.253 e. The fourth-order valence-electron chi connectivity index (χ4n) is 2.60. The molecule has 0 saturated carbocycles. The van der Waals surface area contributed by atoms with Gasteiger partial charge in [-0.3, -0.25) is 4.79 Å². The molecule has 106 valence electrons. The number of hydrogen-bond acceptors (Lipinski definition) is 3. The molecule has 1 atom stereocenters. The molecule has 1 aromatic heterocycles. The molecule has 4 nitrogen and oxygen atoms in total. The van der Waals surface area contributed by atoms with Crippen molar-refractivity contribution in [1.29, 1.82) is 0 Å². The van der Waals surface area contributed by atoms with Gasteiger partial charge in [0.25, 0.3) is 5.91 Å². The lowest BCUT2D eigenvalue weighted by atomic mass is 10.1. The average Bonchev–Trinajstić information content (AvgIpc) is 2.89. The van der Waals surface area contributed by atoms with Gasteiger partial charge in [0.1, 0.15) is 0 Å². The quantitative estimate of drug-likeness (QED) is 0.761. The summed E-state index contributed by atoms with van der Waals surface area (Å²) in [5.74, 6) is 1.21. The number of carbonyl (C=O) groups excluding carboxylic acids is 1. The van der Waals surface area contributed by atoms with Gasteiger partial charge in [0.15, 0.2) is 0 Å². The minimum absolute atomic E-state index is 0.00723. The number of hydrogen-bond donors (Lipinski definition) is 3. The minimum Gasteiger partial charge on any atom is -0.399 e. The van der Waals surface area contributed by atoms with E-state index in [0.717, 1.165) is 17.4 Å².